The molecule has 3 aliphatic heterocycles. The molecule has 3 fully saturated rings. The molecular weight excluding hydrogens is 272 g/mol. The van der Waals surface area contributed by atoms with Crippen LogP contribution in [0.2, 0.25) is 0 Å². The average Bonchev–Trinajstić information content (AvgIpc) is 2.79. The normalized spacial score (nSPS) is 25.9. The third-order valence-corrected chi connectivity index (χ3v) is 4.70. The van der Waals surface area contributed by atoms with Crippen LogP contribution in [0, 0.1) is 0 Å². The number of ether oxygens (including phenoxy) is 2. The van der Waals surface area contributed by atoms with Gasteiger partial charge >= 0.3 is 11.8 Å². The summed E-state index contributed by atoms with van der Waals surface area (Å²) in [6, 6.07) is 0. The van der Waals surface area contributed by atoms with Gasteiger partial charge in [-0.1, -0.05) is 12.8 Å². The standard InChI is InChI=1S/C15H24N2O4/c18-13(16-7-3-1-2-4-8-16)14(19)17-9-5-15(6-10-17)20-11-12-21-15/h1-12H2. The molecule has 3 aliphatic rings. The van der Waals surface area contributed by atoms with Crippen molar-refractivity contribution in [3.05, 3.63) is 0 Å². The van der Waals surface area contributed by atoms with Crippen molar-refractivity contribution in [1.82, 2.24) is 9.80 Å². The number of amides is 2. The van der Waals surface area contributed by atoms with E-state index in [1.807, 2.05) is 0 Å². The van der Waals surface area contributed by atoms with E-state index in [9.17, 15) is 9.59 Å². The maximum Gasteiger partial charge on any atom is 0.312 e. The molecule has 3 saturated heterocycles. The number of carbonyl (C=O) groups excluding carboxylic acids is 2. The zero-order chi connectivity index (χ0) is 14.7. The van der Waals surface area contributed by atoms with Crippen LogP contribution in [-0.2, 0) is 19.1 Å². The van der Waals surface area contributed by atoms with Gasteiger partial charge < -0.3 is 19.3 Å². The van der Waals surface area contributed by atoms with Gasteiger partial charge in [-0.2, -0.15) is 0 Å². The van der Waals surface area contributed by atoms with Crippen molar-refractivity contribution in [2.75, 3.05) is 39.4 Å². The third kappa shape index (κ3) is 3.21. The Morgan fingerprint density at radius 1 is 0.714 bits per heavy atom. The predicted octanol–water partition coefficient (Wildman–Crippen LogP) is 0.754. The smallest absolute Gasteiger partial charge is 0.312 e. The highest BCUT2D eigenvalue weighted by Gasteiger charge is 2.42. The second kappa shape index (κ2) is 6.32. The first-order chi connectivity index (χ1) is 10.2. The SMILES string of the molecule is O=C(C(=O)N1CCC2(CC1)OCCO2)N1CCCCCC1. The Bertz CT molecular complexity index is 388. The van der Waals surface area contributed by atoms with Gasteiger partial charge in [0.2, 0.25) is 0 Å². The molecule has 6 heteroatoms. The summed E-state index contributed by atoms with van der Waals surface area (Å²) in [6.07, 6.45) is 5.63. The lowest BCUT2D eigenvalue weighted by Gasteiger charge is -2.37. The van der Waals surface area contributed by atoms with Crippen LogP contribution in [0.25, 0.3) is 0 Å². The fourth-order valence-corrected chi connectivity index (χ4v) is 3.38. The van der Waals surface area contributed by atoms with E-state index >= 15 is 0 Å². The van der Waals surface area contributed by atoms with Gasteiger partial charge in [-0.05, 0) is 12.8 Å². The van der Waals surface area contributed by atoms with E-state index in [1.165, 1.54) is 0 Å². The van der Waals surface area contributed by atoms with Crippen LogP contribution in [-0.4, -0.2) is 66.8 Å². The minimum absolute atomic E-state index is 0.332. The summed E-state index contributed by atoms with van der Waals surface area (Å²) >= 11 is 0. The molecular formula is C15H24N2O4. The summed E-state index contributed by atoms with van der Waals surface area (Å²) in [6.45, 7) is 3.77. The Morgan fingerprint density at radius 2 is 1.19 bits per heavy atom. The number of hydrogen-bond acceptors (Lipinski definition) is 4. The molecule has 0 aromatic heterocycles. The lowest BCUT2D eigenvalue weighted by Crippen LogP contribution is -2.52. The van der Waals surface area contributed by atoms with Gasteiger partial charge in [-0.15, -0.1) is 0 Å². The highest BCUT2D eigenvalue weighted by molar-refractivity contribution is 6.34. The number of likely N-dealkylation sites (tertiary alicyclic amines) is 2. The lowest BCUT2D eigenvalue weighted by atomic mass is 10.0. The van der Waals surface area contributed by atoms with Gasteiger partial charge in [-0.3, -0.25) is 9.59 Å². The van der Waals surface area contributed by atoms with Crippen molar-refractivity contribution in [3.8, 4) is 0 Å². The molecule has 0 saturated carbocycles. The minimum atomic E-state index is -0.498. The van der Waals surface area contributed by atoms with Crippen molar-refractivity contribution < 1.29 is 19.1 Å². The predicted molar refractivity (Wildman–Crippen MR) is 75.5 cm³/mol. The van der Waals surface area contributed by atoms with Crippen molar-refractivity contribution in [2.45, 2.75) is 44.3 Å². The maximum absolute atomic E-state index is 12.4. The fourth-order valence-electron chi connectivity index (χ4n) is 3.38. The van der Waals surface area contributed by atoms with Crippen LogP contribution in [0.5, 0.6) is 0 Å². The molecule has 3 rings (SSSR count). The summed E-state index contributed by atoms with van der Waals surface area (Å²) < 4.78 is 11.3. The summed E-state index contributed by atoms with van der Waals surface area (Å²) in [5.74, 6) is -1.19. The molecule has 0 atom stereocenters. The highest BCUT2D eigenvalue weighted by atomic mass is 16.7. The Morgan fingerprint density at radius 3 is 1.71 bits per heavy atom. The molecule has 0 N–H and O–H groups in total. The van der Waals surface area contributed by atoms with Crippen molar-refractivity contribution in [3.63, 3.8) is 0 Å². The number of nitrogens with zero attached hydrogens (tertiary/aromatic N) is 2. The summed E-state index contributed by atoms with van der Waals surface area (Å²) in [5.41, 5.74) is 0. The molecule has 21 heavy (non-hydrogen) atoms. The van der Waals surface area contributed by atoms with Gasteiger partial charge in [0.25, 0.3) is 0 Å². The summed E-state index contributed by atoms with van der Waals surface area (Å²) in [7, 11) is 0. The summed E-state index contributed by atoms with van der Waals surface area (Å²) in [5, 5.41) is 0. The Hall–Kier alpha value is -1.14. The van der Waals surface area contributed by atoms with Crippen molar-refractivity contribution >= 4 is 11.8 Å². The average molecular weight is 296 g/mol. The molecule has 0 radical (unpaired) electrons. The monoisotopic (exact) mass is 296 g/mol. The van der Waals surface area contributed by atoms with E-state index in [2.05, 4.69) is 0 Å². The van der Waals surface area contributed by atoms with Gasteiger partial charge in [0.05, 0.1) is 13.2 Å². The molecule has 118 valence electrons. The molecule has 2 amide bonds. The van der Waals surface area contributed by atoms with E-state index < -0.39 is 5.79 Å². The second-order valence-electron chi connectivity index (χ2n) is 6.11. The lowest BCUT2D eigenvalue weighted by molar-refractivity contribution is -0.188. The van der Waals surface area contributed by atoms with E-state index in [4.69, 9.17) is 9.47 Å². The van der Waals surface area contributed by atoms with Crippen molar-refractivity contribution in [1.29, 1.82) is 0 Å². The quantitative estimate of drug-likeness (QED) is 0.619. The molecule has 0 aromatic carbocycles. The largest absolute Gasteiger partial charge is 0.347 e. The fraction of sp³-hybridized carbons (Fsp3) is 0.867. The van der Waals surface area contributed by atoms with Gasteiger partial charge in [0.1, 0.15) is 0 Å². The molecule has 0 bridgehead atoms. The molecule has 1 spiro atoms. The van der Waals surface area contributed by atoms with Crippen LogP contribution in [0.4, 0.5) is 0 Å². The van der Waals surface area contributed by atoms with Gasteiger partial charge in [0, 0.05) is 39.0 Å². The van der Waals surface area contributed by atoms with Crippen LogP contribution in [0.3, 0.4) is 0 Å². The van der Waals surface area contributed by atoms with E-state index in [1.54, 1.807) is 9.80 Å². The van der Waals surface area contributed by atoms with Crippen LogP contribution in [0.1, 0.15) is 38.5 Å². The van der Waals surface area contributed by atoms with Crippen LogP contribution in [0.15, 0.2) is 0 Å². The van der Waals surface area contributed by atoms with Gasteiger partial charge in [-0.25, -0.2) is 0 Å². The molecule has 0 unspecified atom stereocenters. The van der Waals surface area contributed by atoms with Crippen LogP contribution < -0.4 is 0 Å². The van der Waals surface area contributed by atoms with E-state index in [0.29, 0.717) is 52.2 Å². The van der Waals surface area contributed by atoms with E-state index in [0.717, 1.165) is 25.7 Å². The van der Waals surface area contributed by atoms with E-state index in [-0.39, 0.29) is 11.8 Å². The first kappa shape index (κ1) is 14.8. The van der Waals surface area contributed by atoms with Gasteiger partial charge in [0.15, 0.2) is 5.79 Å². The highest BCUT2D eigenvalue weighted by Crippen LogP contribution is 2.31. The molecule has 0 aromatic rings. The number of piperidine rings is 1. The summed E-state index contributed by atoms with van der Waals surface area (Å²) in [4.78, 5) is 28.1. The number of rotatable bonds is 0. The van der Waals surface area contributed by atoms with Crippen LogP contribution >= 0.6 is 0 Å². The number of carbonyl (C=O) groups is 2. The Kier molecular flexibility index (Phi) is 4.45. The molecule has 6 nitrogen and oxygen atoms in total. The maximum atomic E-state index is 12.4. The Labute approximate surface area is 125 Å². The second-order valence-corrected chi connectivity index (χ2v) is 6.11. The topological polar surface area (TPSA) is 59.1 Å². The third-order valence-electron chi connectivity index (χ3n) is 4.70. The molecule has 3 heterocycles. The number of hydrogen-bond donors (Lipinski definition) is 0. The Balaban J connectivity index is 1.54. The first-order valence-corrected chi connectivity index (χ1v) is 8.06. The van der Waals surface area contributed by atoms with Crippen molar-refractivity contribution in [2.24, 2.45) is 0 Å². The zero-order valence-electron chi connectivity index (χ0n) is 12.5. The minimum Gasteiger partial charge on any atom is -0.347 e. The molecule has 0 aliphatic carbocycles. The zero-order valence-corrected chi connectivity index (χ0v) is 12.5. The first-order valence-electron chi connectivity index (χ1n) is 8.06.